The van der Waals surface area contributed by atoms with Crippen LogP contribution in [0.2, 0.25) is 0 Å². The Morgan fingerprint density at radius 1 is 1.57 bits per heavy atom. The Balaban J connectivity index is 2.16. The molecule has 21 heavy (non-hydrogen) atoms. The van der Waals surface area contributed by atoms with E-state index < -0.39 is 5.41 Å². The zero-order valence-corrected chi connectivity index (χ0v) is 13.1. The van der Waals surface area contributed by atoms with Crippen LogP contribution in [-0.2, 0) is 14.3 Å². The number of ketones is 1. The van der Waals surface area contributed by atoms with Crippen molar-refractivity contribution in [1.82, 2.24) is 4.90 Å². The van der Waals surface area contributed by atoms with Gasteiger partial charge in [0.25, 0.3) is 0 Å². The molecule has 1 saturated heterocycles. The van der Waals surface area contributed by atoms with Gasteiger partial charge in [-0.3, -0.25) is 14.5 Å². The van der Waals surface area contributed by atoms with Gasteiger partial charge in [-0.2, -0.15) is 0 Å². The van der Waals surface area contributed by atoms with Crippen molar-refractivity contribution < 1.29 is 14.3 Å². The smallest absolute Gasteiger partial charge is 0.233 e. The Hall–Kier alpha value is -1.66. The molecule has 0 aromatic rings. The van der Waals surface area contributed by atoms with E-state index in [2.05, 4.69) is 10.0 Å². The summed E-state index contributed by atoms with van der Waals surface area (Å²) in [5.41, 5.74) is 8.71. The number of carbonyl (C=O) groups is 2. The third-order valence-electron chi connectivity index (χ3n) is 3.38. The molecule has 1 amide bonds. The summed E-state index contributed by atoms with van der Waals surface area (Å²) in [6.45, 7) is 5.53. The monoisotopic (exact) mass is 310 g/mol. The standard InChI is InChI=1S/C13H18N4O3S/c1-13(2,3)9(18)6-20-12-8(5-15-16-14)7-21-11-4-10(19)17(11)12/h11H,4-7H2,1-3H3/t11-/m0/s1. The predicted molar refractivity (Wildman–Crippen MR) is 79.2 cm³/mol. The number of Topliss-reactive ketones (excluding diaryl/α,β-unsaturated/α-hetero) is 1. The van der Waals surface area contributed by atoms with E-state index >= 15 is 0 Å². The fourth-order valence-corrected chi connectivity index (χ4v) is 3.18. The van der Waals surface area contributed by atoms with E-state index in [9.17, 15) is 9.59 Å². The molecule has 2 heterocycles. The Labute approximate surface area is 127 Å². The average Bonchev–Trinajstić information content (AvgIpc) is 2.40. The molecule has 0 spiro atoms. The van der Waals surface area contributed by atoms with E-state index in [1.807, 2.05) is 20.8 Å². The third kappa shape index (κ3) is 3.33. The zero-order chi connectivity index (χ0) is 15.6. The maximum absolute atomic E-state index is 12.0. The van der Waals surface area contributed by atoms with Gasteiger partial charge in [0.1, 0.15) is 6.61 Å². The molecule has 0 aromatic carbocycles. The van der Waals surface area contributed by atoms with Crippen molar-refractivity contribution in [1.29, 1.82) is 0 Å². The van der Waals surface area contributed by atoms with E-state index in [1.165, 1.54) is 0 Å². The summed E-state index contributed by atoms with van der Waals surface area (Å²) in [6, 6.07) is 0. The van der Waals surface area contributed by atoms with Crippen LogP contribution in [0, 0.1) is 5.41 Å². The van der Waals surface area contributed by atoms with Crippen LogP contribution >= 0.6 is 11.8 Å². The van der Waals surface area contributed by atoms with Gasteiger partial charge in [0.05, 0.1) is 18.3 Å². The minimum atomic E-state index is -0.493. The lowest BCUT2D eigenvalue weighted by molar-refractivity contribution is -0.145. The molecule has 1 atom stereocenters. The van der Waals surface area contributed by atoms with Gasteiger partial charge in [-0.25, -0.2) is 0 Å². The normalized spacial score (nSPS) is 21.4. The van der Waals surface area contributed by atoms with Crippen molar-refractivity contribution in [3.05, 3.63) is 21.9 Å². The SMILES string of the molecule is CC(C)(C)C(=O)COC1=C(CN=[N+]=[N-])CS[C@H]2CC(=O)N12. The largest absolute Gasteiger partial charge is 0.471 e. The molecule has 0 aliphatic carbocycles. The first-order valence-electron chi connectivity index (χ1n) is 6.67. The summed E-state index contributed by atoms with van der Waals surface area (Å²) >= 11 is 1.62. The van der Waals surface area contributed by atoms with Crippen molar-refractivity contribution in [3.63, 3.8) is 0 Å². The summed E-state index contributed by atoms with van der Waals surface area (Å²) in [5, 5.41) is 3.61. The van der Waals surface area contributed by atoms with Crippen LogP contribution in [0.25, 0.3) is 10.4 Å². The highest BCUT2D eigenvalue weighted by Crippen LogP contribution is 2.40. The van der Waals surface area contributed by atoms with Gasteiger partial charge < -0.3 is 4.74 Å². The van der Waals surface area contributed by atoms with Gasteiger partial charge >= 0.3 is 0 Å². The van der Waals surface area contributed by atoms with Crippen molar-refractivity contribution in [2.24, 2.45) is 10.5 Å². The first-order valence-corrected chi connectivity index (χ1v) is 7.72. The molecule has 7 nitrogen and oxygen atoms in total. The first kappa shape index (κ1) is 15.7. The number of carbonyl (C=O) groups excluding carboxylic acids is 2. The first-order chi connectivity index (χ1) is 9.84. The quantitative estimate of drug-likeness (QED) is 0.337. The number of rotatable bonds is 5. The molecule has 0 aromatic heterocycles. The highest BCUT2D eigenvalue weighted by atomic mass is 32.2. The fraction of sp³-hybridized carbons (Fsp3) is 0.692. The lowest BCUT2D eigenvalue weighted by atomic mass is 9.91. The second-order valence-electron chi connectivity index (χ2n) is 5.99. The lowest BCUT2D eigenvalue weighted by Gasteiger charge is -2.44. The van der Waals surface area contributed by atoms with E-state index in [-0.39, 0.29) is 30.2 Å². The summed E-state index contributed by atoms with van der Waals surface area (Å²) in [7, 11) is 0. The number of ether oxygens (including phenoxy) is 1. The fourth-order valence-electron chi connectivity index (χ4n) is 1.95. The number of hydrogen-bond acceptors (Lipinski definition) is 5. The Bertz CT molecular complexity index is 546. The summed E-state index contributed by atoms with van der Waals surface area (Å²) in [5.74, 6) is 0.983. The summed E-state index contributed by atoms with van der Waals surface area (Å²) < 4.78 is 5.62. The van der Waals surface area contributed by atoms with E-state index in [4.69, 9.17) is 10.3 Å². The van der Waals surface area contributed by atoms with Gasteiger partial charge in [0, 0.05) is 21.7 Å². The second kappa shape index (κ2) is 5.99. The maximum Gasteiger partial charge on any atom is 0.233 e. The van der Waals surface area contributed by atoms with E-state index in [1.54, 1.807) is 16.7 Å². The predicted octanol–water partition coefficient (Wildman–Crippen LogP) is 2.45. The van der Waals surface area contributed by atoms with Crippen molar-refractivity contribution >= 4 is 23.5 Å². The van der Waals surface area contributed by atoms with Crippen LogP contribution in [0.15, 0.2) is 16.6 Å². The Morgan fingerprint density at radius 3 is 2.86 bits per heavy atom. The van der Waals surface area contributed by atoms with Crippen LogP contribution in [0.3, 0.4) is 0 Å². The van der Waals surface area contributed by atoms with Crippen LogP contribution < -0.4 is 0 Å². The molecule has 2 aliphatic heterocycles. The highest BCUT2D eigenvalue weighted by molar-refractivity contribution is 8.00. The van der Waals surface area contributed by atoms with Crippen LogP contribution in [0.4, 0.5) is 0 Å². The summed E-state index contributed by atoms with van der Waals surface area (Å²) in [4.78, 5) is 28.0. The Kier molecular flexibility index (Phi) is 4.49. The van der Waals surface area contributed by atoms with Crippen LogP contribution in [0.5, 0.6) is 0 Å². The molecule has 0 unspecified atom stereocenters. The molecule has 0 radical (unpaired) electrons. The van der Waals surface area contributed by atoms with Crippen molar-refractivity contribution in [2.45, 2.75) is 32.6 Å². The number of amides is 1. The van der Waals surface area contributed by atoms with Gasteiger partial charge in [-0.15, -0.1) is 11.8 Å². The number of azide groups is 1. The van der Waals surface area contributed by atoms with Gasteiger partial charge in [0.2, 0.25) is 5.91 Å². The summed E-state index contributed by atoms with van der Waals surface area (Å²) in [6.07, 6.45) is 0.486. The molecule has 8 heteroatoms. The average molecular weight is 310 g/mol. The van der Waals surface area contributed by atoms with Crippen LogP contribution in [-0.4, -0.2) is 40.9 Å². The van der Waals surface area contributed by atoms with E-state index in [0.29, 0.717) is 18.1 Å². The van der Waals surface area contributed by atoms with Crippen LogP contribution in [0.1, 0.15) is 27.2 Å². The molecular formula is C13H18N4O3S. The highest BCUT2D eigenvalue weighted by Gasteiger charge is 2.44. The molecular weight excluding hydrogens is 292 g/mol. The van der Waals surface area contributed by atoms with Gasteiger partial charge in [-0.1, -0.05) is 25.9 Å². The zero-order valence-electron chi connectivity index (χ0n) is 12.3. The Morgan fingerprint density at radius 2 is 2.29 bits per heavy atom. The van der Waals surface area contributed by atoms with E-state index in [0.717, 1.165) is 5.57 Å². The molecule has 1 fully saturated rings. The number of β-lactam (4-membered cyclic amide) rings is 1. The van der Waals surface area contributed by atoms with Crippen molar-refractivity contribution in [3.8, 4) is 0 Å². The maximum atomic E-state index is 12.0. The number of fused-ring (bicyclic) bond motifs is 1. The number of thioether (sulfide) groups is 1. The molecule has 0 N–H and O–H groups in total. The topological polar surface area (TPSA) is 95.4 Å². The number of nitrogens with zero attached hydrogens (tertiary/aromatic N) is 4. The van der Waals surface area contributed by atoms with Crippen molar-refractivity contribution in [2.75, 3.05) is 18.9 Å². The third-order valence-corrected chi connectivity index (χ3v) is 4.66. The molecule has 2 rings (SSSR count). The minimum Gasteiger partial charge on any atom is -0.471 e. The van der Waals surface area contributed by atoms with Gasteiger partial charge in [-0.05, 0) is 5.53 Å². The second-order valence-corrected chi connectivity index (χ2v) is 7.16. The molecule has 0 bridgehead atoms. The molecule has 114 valence electrons. The number of hydrogen-bond donors (Lipinski definition) is 0. The van der Waals surface area contributed by atoms with Gasteiger partial charge in [0.15, 0.2) is 11.7 Å². The minimum absolute atomic E-state index is 0.0242. The lowest BCUT2D eigenvalue weighted by Crippen LogP contribution is -2.53. The molecule has 0 saturated carbocycles. The molecule has 2 aliphatic rings.